The lowest BCUT2D eigenvalue weighted by atomic mass is 10.2. The molecule has 1 atom stereocenters. The highest BCUT2D eigenvalue weighted by molar-refractivity contribution is 7.99. The van der Waals surface area contributed by atoms with Crippen LogP contribution in [-0.4, -0.2) is 23.1 Å². The Morgan fingerprint density at radius 3 is 3.00 bits per heavy atom. The summed E-state index contributed by atoms with van der Waals surface area (Å²) in [4.78, 5) is 14.0. The zero-order valence-electron chi connectivity index (χ0n) is 10.2. The van der Waals surface area contributed by atoms with Crippen molar-refractivity contribution in [2.24, 2.45) is 0 Å². The normalized spacial score (nSPS) is 19.3. The summed E-state index contributed by atoms with van der Waals surface area (Å²) in [6.07, 6.45) is 1.46. The van der Waals surface area contributed by atoms with Gasteiger partial charge in [0.1, 0.15) is 5.37 Å². The fourth-order valence-corrected chi connectivity index (χ4v) is 3.83. The van der Waals surface area contributed by atoms with E-state index in [9.17, 15) is 4.79 Å². The third-order valence-corrected chi connectivity index (χ3v) is 5.00. The van der Waals surface area contributed by atoms with Crippen molar-refractivity contribution in [1.29, 1.82) is 0 Å². The molecule has 0 aromatic heterocycles. The summed E-state index contributed by atoms with van der Waals surface area (Å²) in [5.74, 6) is 1.15. The highest BCUT2D eigenvalue weighted by atomic mass is 35.5. The maximum Gasteiger partial charge on any atom is 0.223 e. The molecule has 2 nitrogen and oxygen atoms in total. The van der Waals surface area contributed by atoms with Gasteiger partial charge < -0.3 is 4.90 Å². The second-order valence-corrected chi connectivity index (χ2v) is 6.18. The number of nitrogens with zero attached hydrogens (tertiary/aromatic N) is 1. The van der Waals surface area contributed by atoms with Gasteiger partial charge in [-0.05, 0) is 12.5 Å². The van der Waals surface area contributed by atoms with Gasteiger partial charge in [-0.3, -0.25) is 4.79 Å². The lowest BCUT2D eigenvalue weighted by molar-refractivity contribution is -0.131. The van der Waals surface area contributed by atoms with E-state index < -0.39 is 0 Å². The second-order valence-electron chi connectivity index (χ2n) is 4.20. The first-order chi connectivity index (χ1) is 8.65. The predicted molar refractivity (Wildman–Crippen MR) is 78.3 cm³/mol. The van der Waals surface area contributed by atoms with Crippen LogP contribution in [0.5, 0.6) is 0 Å². The number of thioether (sulfide) groups is 1. The molecule has 1 aliphatic rings. The van der Waals surface area contributed by atoms with E-state index in [1.807, 2.05) is 24.0 Å². The molecule has 0 spiro atoms. The first-order valence-electron chi connectivity index (χ1n) is 6.00. The van der Waals surface area contributed by atoms with E-state index in [1.165, 1.54) is 0 Å². The van der Waals surface area contributed by atoms with Gasteiger partial charge in [0.15, 0.2) is 0 Å². The van der Waals surface area contributed by atoms with Gasteiger partial charge in [-0.1, -0.05) is 42.3 Å². The molecule has 5 heteroatoms. The van der Waals surface area contributed by atoms with E-state index >= 15 is 0 Å². The lowest BCUT2D eigenvalue weighted by Crippen LogP contribution is -2.30. The van der Waals surface area contributed by atoms with Crippen LogP contribution in [0, 0.1) is 0 Å². The van der Waals surface area contributed by atoms with Crippen LogP contribution in [-0.2, 0) is 4.79 Å². The number of halogens is 2. The number of hydrogen-bond acceptors (Lipinski definition) is 2. The van der Waals surface area contributed by atoms with E-state index in [2.05, 4.69) is 0 Å². The van der Waals surface area contributed by atoms with Gasteiger partial charge in [0.2, 0.25) is 5.91 Å². The van der Waals surface area contributed by atoms with Crippen molar-refractivity contribution in [3.8, 4) is 0 Å². The Morgan fingerprint density at radius 2 is 2.28 bits per heavy atom. The average molecular weight is 304 g/mol. The van der Waals surface area contributed by atoms with Crippen molar-refractivity contribution < 1.29 is 4.79 Å². The van der Waals surface area contributed by atoms with Crippen LogP contribution in [0.15, 0.2) is 18.2 Å². The Hall–Kier alpha value is -0.380. The van der Waals surface area contributed by atoms with Crippen molar-refractivity contribution >= 4 is 40.9 Å². The molecular weight excluding hydrogens is 289 g/mol. The van der Waals surface area contributed by atoms with Crippen LogP contribution in [0.3, 0.4) is 0 Å². The summed E-state index contributed by atoms with van der Waals surface area (Å²) in [6.45, 7) is 2.81. The highest BCUT2D eigenvalue weighted by Crippen LogP contribution is 2.42. The highest BCUT2D eigenvalue weighted by Gasteiger charge is 2.31. The van der Waals surface area contributed by atoms with Crippen molar-refractivity contribution in [3.63, 3.8) is 0 Å². The van der Waals surface area contributed by atoms with Crippen molar-refractivity contribution in [2.75, 3.05) is 12.3 Å². The maximum absolute atomic E-state index is 12.1. The fourth-order valence-electron chi connectivity index (χ4n) is 2.05. The van der Waals surface area contributed by atoms with E-state index in [0.29, 0.717) is 16.5 Å². The van der Waals surface area contributed by atoms with Crippen LogP contribution >= 0.6 is 35.0 Å². The summed E-state index contributed by atoms with van der Waals surface area (Å²) < 4.78 is 0. The smallest absolute Gasteiger partial charge is 0.223 e. The molecule has 1 aromatic carbocycles. The molecule has 0 unspecified atom stereocenters. The molecule has 0 aliphatic carbocycles. The molecule has 1 amide bonds. The van der Waals surface area contributed by atoms with Gasteiger partial charge in [0.05, 0.1) is 10.0 Å². The monoisotopic (exact) mass is 303 g/mol. The van der Waals surface area contributed by atoms with Gasteiger partial charge >= 0.3 is 0 Å². The van der Waals surface area contributed by atoms with E-state index in [1.54, 1.807) is 17.8 Å². The maximum atomic E-state index is 12.1. The molecule has 0 saturated carbocycles. The Morgan fingerprint density at radius 1 is 1.50 bits per heavy atom. The number of benzene rings is 1. The number of hydrogen-bond donors (Lipinski definition) is 0. The number of carbonyl (C=O) groups is 1. The Labute approximate surface area is 122 Å². The first-order valence-corrected chi connectivity index (χ1v) is 7.80. The first kappa shape index (κ1) is 14.0. The minimum atomic E-state index is 0.00949. The van der Waals surface area contributed by atoms with E-state index in [0.717, 1.165) is 24.3 Å². The van der Waals surface area contributed by atoms with E-state index in [-0.39, 0.29) is 11.3 Å². The summed E-state index contributed by atoms with van der Waals surface area (Å²) in [5, 5.41) is 1.12. The van der Waals surface area contributed by atoms with Crippen LogP contribution < -0.4 is 0 Å². The average Bonchev–Trinajstić information content (AvgIpc) is 2.82. The third kappa shape index (κ3) is 2.79. The van der Waals surface area contributed by atoms with E-state index in [4.69, 9.17) is 23.2 Å². The summed E-state index contributed by atoms with van der Waals surface area (Å²) in [5.41, 5.74) is 0.941. The molecule has 98 valence electrons. The number of rotatable bonds is 3. The van der Waals surface area contributed by atoms with Crippen molar-refractivity contribution in [3.05, 3.63) is 33.8 Å². The summed E-state index contributed by atoms with van der Waals surface area (Å²) in [6, 6.07) is 5.60. The summed E-state index contributed by atoms with van der Waals surface area (Å²) >= 11 is 14.0. The molecule has 1 saturated heterocycles. The molecule has 0 N–H and O–H groups in total. The van der Waals surface area contributed by atoms with Crippen LogP contribution in [0.2, 0.25) is 10.0 Å². The largest absolute Gasteiger partial charge is 0.326 e. The molecule has 2 rings (SSSR count). The van der Waals surface area contributed by atoms with Gasteiger partial charge in [-0.15, -0.1) is 11.8 Å². The van der Waals surface area contributed by atoms with Crippen molar-refractivity contribution in [2.45, 2.75) is 25.1 Å². The SMILES string of the molecule is CCCC(=O)N1CCS[C@@H]1c1cccc(Cl)c1Cl. The number of amides is 1. The number of carbonyl (C=O) groups excluding carboxylic acids is 1. The molecule has 1 aliphatic heterocycles. The minimum absolute atomic E-state index is 0.00949. The lowest BCUT2D eigenvalue weighted by Gasteiger charge is -2.25. The second kappa shape index (κ2) is 6.18. The Kier molecular flexibility index (Phi) is 4.82. The Bertz CT molecular complexity index is 453. The molecule has 1 fully saturated rings. The quantitative estimate of drug-likeness (QED) is 0.826. The molecule has 1 heterocycles. The molecule has 0 bridgehead atoms. The minimum Gasteiger partial charge on any atom is -0.326 e. The van der Waals surface area contributed by atoms with Crippen LogP contribution in [0.4, 0.5) is 0 Å². The topological polar surface area (TPSA) is 20.3 Å². The molecule has 0 radical (unpaired) electrons. The van der Waals surface area contributed by atoms with Gasteiger partial charge in [-0.2, -0.15) is 0 Å². The zero-order chi connectivity index (χ0) is 13.1. The van der Waals surface area contributed by atoms with Gasteiger partial charge in [-0.25, -0.2) is 0 Å². The van der Waals surface area contributed by atoms with Crippen molar-refractivity contribution in [1.82, 2.24) is 4.90 Å². The third-order valence-electron chi connectivity index (χ3n) is 2.92. The fraction of sp³-hybridized carbons (Fsp3) is 0.462. The molecule has 1 aromatic rings. The van der Waals surface area contributed by atoms with Gasteiger partial charge in [0.25, 0.3) is 0 Å². The van der Waals surface area contributed by atoms with Crippen LogP contribution in [0.1, 0.15) is 30.7 Å². The molecular formula is C13H15Cl2NOS. The standard InChI is InChI=1S/C13H15Cl2NOS/c1-2-4-11(17)16-7-8-18-13(16)9-5-3-6-10(14)12(9)15/h3,5-6,13H,2,4,7-8H2,1H3/t13-/m1/s1. The van der Waals surface area contributed by atoms with Gasteiger partial charge in [0, 0.05) is 24.3 Å². The molecule has 18 heavy (non-hydrogen) atoms. The predicted octanol–water partition coefficient (Wildman–Crippen LogP) is 4.37. The Balaban J connectivity index is 2.26. The summed E-state index contributed by atoms with van der Waals surface area (Å²) in [7, 11) is 0. The zero-order valence-corrected chi connectivity index (χ0v) is 12.5. The van der Waals surface area contributed by atoms with Crippen LogP contribution in [0.25, 0.3) is 0 Å².